The van der Waals surface area contributed by atoms with Crippen molar-refractivity contribution in [2.75, 3.05) is 0 Å². The first-order chi connectivity index (χ1) is 25.7. The minimum atomic E-state index is 0.935. The molecule has 11 aromatic rings. The number of fused-ring (bicyclic) bond motifs is 15. The molecule has 0 aliphatic heterocycles. The number of pyridine rings is 1. The summed E-state index contributed by atoms with van der Waals surface area (Å²) < 4.78 is 7.36. The van der Waals surface area contributed by atoms with Crippen molar-refractivity contribution >= 4 is 87.9 Å². The number of hydrogen-bond donors (Lipinski definition) is 0. The summed E-state index contributed by atoms with van der Waals surface area (Å²) in [6.07, 6.45) is 5.37. The third-order valence-corrected chi connectivity index (χ3v) is 11.1. The Morgan fingerprint density at radius 3 is 2.08 bits per heavy atom. The maximum atomic E-state index is 5.26. The number of para-hydroxylation sites is 4. The van der Waals surface area contributed by atoms with Crippen molar-refractivity contribution in [3.63, 3.8) is 0 Å². The lowest BCUT2D eigenvalue weighted by atomic mass is 9.98. The van der Waals surface area contributed by atoms with Crippen LogP contribution in [0.3, 0.4) is 0 Å². The van der Waals surface area contributed by atoms with Gasteiger partial charge in [-0.15, -0.1) is 0 Å². The number of aryl methyl sites for hydroxylation is 1. The van der Waals surface area contributed by atoms with E-state index in [0.717, 1.165) is 45.4 Å². The van der Waals surface area contributed by atoms with Gasteiger partial charge >= 0.3 is 0 Å². The molecule has 4 nitrogen and oxygen atoms in total. The summed E-state index contributed by atoms with van der Waals surface area (Å²) in [6.45, 7) is 4.39. The van der Waals surface area contributed by atoms with Crippen molar-refractivity contribution in [1.29, 1.82) is 0 Å². The van der Waals surface area contributed by atoms with E-state index in [9.17, 15) is 0 Å². The second-order valence-electron chi connectivity index (χ2n) is 13.8. The molecule has 0 saturated carbocycles. The first kappa shape index (κ1) is 29.1. The predicted molar refractivity (Wildman–Crippen MR) is 220 cm³/mol. The number of nitrogens with zero attached hydrogens (tertiary/aromatic N) is 4. The van der Waals surface area contributed by atoms with Crippen molar-refractivity contribution in [2.45, 2.75) is 20.3 Å². The lowest BCUT2D eigenvalue weighted by Gasteiger charge is -2.16. The summed E-state index contributed by atoms with van der Waals surface area (Å²) in [7, 11) is 0. The van der Waals surface area contributed by atoms with Crippen LogP contribution < -0.4 is 0 Å². The highest BCUT2D eigenvalue weighted by atomic mass is 15.1. The van der Waals surface area contributed by atoms with Crippen LogP contribution in [-0.2, 0) is 6.42 Å². The normalized spacial score (nSPS) is 12.4. The largest absolute Gasteiger partial charge is 0.308 e. The van der Waals surface area contributed by atoms with E-state index in [1.165, 1.54) is 65.5 Å². The van der Waals surface area contributed by atoms with Crippen molar-refractivity contribution in [1.82, 2.24) is 18.5 Å². The summed E-state index contributed by atoms with van der Waals surface area (Å²) >= 11 is 0. The summed E-state index contributed by atoms with van der Waals surface area (Å²) in [4.78, 5) is 5.26. The Balaban J connectivity index is 1.35. The molecule has 0 bridgehead atoms. The fourth-order valence-corrected chi connectivity index (χ4v) is 8.98. The fourth-order valence-electron chi connectivity index (χ4n) is 8.98. The van der Waals surface area contributed by atoms with Crippen molar-refractivity contribution in [3.05, 3.63) is 163 Å². The molecule has 0 fully saturated rings. The van der Waals surface area contributed by atoms with Gasteiger partial charge < -0.3 is 9.13 Å². The Bertz CT molecular complexity index is 3280. The molecule has 0 atom stereocenters. The third kappa shape index (κ3) is 3.84. The molecule has 7 aromatic carbocycles. The quantitative estimate of drug-likeness (QED) is 0.172. The van der Waals surface area contributed by atoms with Crippen LogP contribution >= 0.6 is 0 Å². The fraction of sp³-hybridized carbons (Fsp3) is 0.0625. The van der Waals surface area contributed by atoms with Gasteiger partial charge in [0.25, 0.3) is 0 Å². The summed E-state index contributed by atoms with van der Waals surface area (Å²) in [5.41, 5.74) is 12.7. The smallest absolute Gasteiger partial charge is 0.146 e. The van der Waals surface area contributed by atoms with Gasteiger partial charge in [-0.3, -0.25) is 4.40 Å². The van der Waals surface area contributed by atoms with E-state index < -0.39 is 0 Å². The van der Waals surface area contributed by atoms with Crippen LogP contribution in [0, 0.1) is 0 Å². The van der Waals surface area contributed by atoms with Gasteiger partial charge in [-0.1, -0.05) is 110 Å². The number of rotatable bonds is 4. The van der Waals surface area contributed by atoms with E-state index in [-0.39, 0.29) is 0 Å². The average Bonchev–Trinajstić information content (AvgIpc) is 3.86. The van der Waals surface area contributed by atoms with E-state index in [0.29, 0.717) is 0 Å². The zero-order valence-electron chi connectivity index (χ0n) is 29.0. The van der Waals surface area contributed by atoms with E-state index >= 15 is 0 Å². The molecule has 0 N–H and O–H groups in total. The van der Waals surface area contributed by atoms with Crippen LogP contribution in [0.5, 0.6) is 0 Å². The van der Waals surface area contributed by atoms with Crippen molar-refractivity contribution in [2.24, 2.45) is 0 Å². The van der Waals surface area contributed by atoms with Crippen LogP contribution in [0.4, 0.5) is 0 Å². The highest BCUT2D eigenvalue weighted by Gasteiger charge is 2.24. The van der Waals surface area contributed by atoms with Crippen LogP contribution in [-0.4, -0.2) is 18.5 Å². The predicted octanol–water partition coefficient (Wildman–Crippen LogP) is 12.6. The first-order valence-electron chi connectivity index (χ1n) is 18.2. The molecule has 0 unspecified atom stereocenters. The topological polar surface area (TPSA) is 27.2 Å². The molecule has 0 radical (unpaired) electrons. The molecule has 0 aliphatic rings. The Morgan fingerprint density at radius 2 is 1.23 bits per heavy atom. The van der Waals surface area contributed by atoms with E-state index in [2.05, 4.69) is 185 Å². The molecule has 52 heavy (non-hydrogen) atoms. The Labute approximate surface area is 300 Å². The van der Waals surface area contributed by atoms with Gasteiger partial charge in [0.1, 0.15) is 5.65 Å². The van der Waals surface area contributed by atoms with Crippen molar-refractivity contribution < 1.29 is 0 Å². The zero-order valence-corrected chi connectivity index (χ0v) is 29.0. The first-order valence-corrected chi connectivity index (χ1v) is 18.2. The van der Waals surface area contributed by atoms with Crippen molar-refractivity contribution in [3.8, 4) is 11.4 Å². The SMILES string of the molecule is C/C=C\c1c(CC)c2ccc3c4ccccc4n(-c4ccc5c6c7ccccc7ccc6c6nc7ccccc7n6c5c4)c3c2n1-c1ccccc1. The van der Waals surface area contributed by atoms with Gasteiger partial charge in [0, 0.05) is 49.4 Å². The summed E-state index contributed by atoms with van der Waals surface area (Å²) in [5, 5.41) is 9.88. The Morgan fingerprint density at radius 1 is 0.538 bits per heavy atom. The minimum Gasteiger partial charge on any atom is -0.308 e. The average molecular weight is 667 g/mol. The number of benzene rings is 7. The second-order valence-corrected chi connectivity index (χ2v) is 13.8. The number of imidazole rings is 1. The maximum absolute atomic E-state index is 5.26. The molecule has 0 saturated heterocycles. The molecule has 0 spiro atoms. The highest BCUT2D eigenvalue weighted by Crippen LogP contribution is 2.43. The maximum Gasteiger partial charge on any atom is 0.146 e. The standard InChI is InChI=1S/C48H34N4/c1-3-14-41-33(4-2)36-27-28-37-35-19-10-12-21-42(35)51(47(37)46(36)50(41)31-16-6-5-7-17-31)32-24-26-38-44(29-32)52-43-22-13-11-20-40(43)49-48(52)39-25-23-30-15-8-9-18-34(30)45(38)39/h3,5-29H,4H2,1-2H3/b14-3-. The summed E-state index contributed by atoms with van der Waals surface area (Å²) in [6, 6.07) is 53.2. The third-order valence-electron chi connectivity index (χ3n) is 11.1. The van der Waals surface area contributed by atoms with Gasteiger partial charge in [0.2, 0.25) is 0 Å². The Hall–Kier alpha value is -6.65. The molecule has 4 aromatic heterocycles. The zero-order chi connectivity index (χ0) is 34.5. The van der Waals surface area contributed by atoms with Gasteiger partial charge in [-0.25, -0.2) is 4.98 Å². The molecular formula is C48H34N4. The monoisotopic (exact) mass is 666 g/mol. The minimum absolute atomic E-state index is 0.935. The van der Waals surface area contributed by atoms with Gasteiger partial charge in [-0.2, -0.15) is 0 Å². The second kappa shape index (κ2) is 10.9. The van der Waals surface area contributed by atoms with E-state index in [1.54, 1.807) is 0 Å². The van der Waals surface area contributed by atoms with Gasteiger partial charge in [-0.05, 0) is 84.3 Å². The molecular weight excluding hydrogens is 633 g/mol. The van der Waals surface area contributed by atoms with E-state index in [4.69, 9.17) is 4.98 Å². The van der Waals surface area contributed by atoms with Crippen LogP contribution in [0.2, 0.25) is 0 Å². The van der Waals surface area contributed by atoms with Crippen LogP contribution in [0.15, 0.2) is 152 Å². The molecule has 11 rings (SSSR count). The molecule has 4 heterocycles. The number of aromatic nitrogens is 4. The van der Waals surface area contributed by atoms with E-state index in [1.807, 2.05) is 0 Å². The molecule has 0 aliphatic carbocycles. The summed E-state index contributed by atoms with van der Waals surface area (Å²) in [5.74, 6) is 0. The van der Waals surface area contributed by atoms with Gasteiger partial charge in [0.15, 0.2) is 0 Å². The van der Waals surface area contributed by atoms with Crippen LogP contribution in [0.25, 0.3) is 99.3 Å². The number of allylic oxidation sites excluding steroid dienone is 1. The highest BCUT2D eigenvalue weighted by molar-refractivity contribution is 6.24. The molecule has 246 valence electrons. The van der Waals surface area contributed by atoms with Gasteiger partial charge in [0.05, 0.1) is 33.1 Å². The lowest BCUT2D eigenvalue weighted by Crippen LogP contribution is -2.01. The van der Waals surface area contributed by atoms with Crippen LogP contribution in [0.1, 0.15) is 25.1 Å². The lowest BCUT2D eigenvalue weighted by molar-refractivity contribution is 1.06. The Kier molecular flexibility index (Phi) is 6.12. The number of hydrogen-bond acceptors (Lipinski definition) is 1. The molecule has 4 heteroatoms. The molecule has 0 amide bonds.